The quantitative estimate of drug-likeness (QED) is 0.636. The van der Waals surface area contributed by atoms with Crippen molar-refractivity contribution in [3.8, 4) is 11.5 Å². The molecule has 2 rings (SSSR count). The van der Waals surface area contributed by atoms with Crippen molar-refractivity contribution in [2.45, 2.75) is 32.6 Å². The molecule has 0 fully saturated rings. The van der Waals surface area contributed by atoms with Crippen LogP contribution in [0.2, 0.25) is 0 Å². The van der Waals surface area contributed by atoms with Crippen LogP contribution in [-0.2, 0) is 10.5 Å². The number of nitrogens with one attached hydrogen (secondary N) is 1. The molecule has 0 radical (unpaired) electrons. The lowest BCUT2D eigenvalue weighted by Gasteiger charge is -2.17. The third-order valence-electron chi connectivity index (χ3n) is 3.86. The summed E-state index contributed by atoms with van der Waals surface area (Å²) in [6, 6.07) is 11.9. The number of hydrogen-bond acceptors (Lipinski definition) is 4. The molecule has 1 atom stereocenters. The van der Waals surface area contributed by atoms with Gasteiger partial charge in [-0.05, 0) is 56.2 Å². The van der Waals surface area contributed by atoms with Gasteiger partial charge in [0.25, 0.3) is 0 Å². The van der Waals surface area contributed by atoms with Crippen molar-refractivity contribution in [3.63, 3.8) is 0 Å². The Bertz CT molecular complexity index is 737. The second-order valence-corrected chi connectivity index (χ2v) is 6.97. The number of ether oxygens (including phenoxy) is 2. The minimum absolute atomic E-state index is 0.0403. The molecule has 146 valence electrons. The SMILES string of the molecule is CCOc1ccc(C(C)NC(=O)CSCc2ccc(F)cc2)cc1OCC. The zero-order valence-corrected chi connectivity index (χ0v) is 16.8. The molecular formula is C21H26FNO3S. The Kier molecular flexibility index (Phi) is 8.45. The molecule has 27 heavy (non-hydrogen) atoms. The minimum atomic E-state index is -0.253. The van der Waals surface area contributed by atoms with E-state index in [2.05, 4.69) is 5.32 Å². The summed E-state index contributed by atoms with van der Waals surface area (Å²) in [4.78, 5) is 12.2. The van der Waals surface area contributed by atoms with E-state index in [1.807, 2.05) is 39.0 Å². The van der Waals surface area contributed by atoms with Crippen LogP contribution in [0.25, 0.3) is 0 Å². The second kappa shape index (κ2) is 10.8. The van der Waals surface area contributed by atoms with Gasteiger partial charge >= 0.3 is 0 Å². The lowest BCUT2D eigenvalue weighted by atomic mass is 10.1. The van der Waals surface area contributed by atoms with Crippen LogP contribution >= 0.6 is 11.8 Å². The third kappa shape index (κ3) is 6.79. The highest BCUT2D eigenvalue weighted by Crippen LogP contribution is 2.30. The van der Waals surface area contributed by atoms with Crippen LogP contribution in [0.4, 0.5) is 4.39 Å². The number of halogens is 1. The Hall–Kier alpha value is -2.21. The molecule has 0 aromatic heterocycles. The number of carbonyl (C=O) groups is 1. The first-order valence-electron chi connectivity index (χ1n) is 9.04. The number of benzene rings is 2. The average molecular weight is 392 g/mol. The summed E-state index contributed by atoms with van der Waals surface area (Å²) in [6.45, 7) is 6.90. The van der Waals surface area contributed by atoms with Gasteiger partial charge in [0, 0.05) is 5.75 Å². The molecule has 0 bridgehead atoms. The Balaban J connectivity index is 1.87. The highest BCUT2D eigenvalue weighted by Gasteiger charge is 2.13. The second-order valence-electron chi connectivity index (χ2n) is 5.98. The smallest absolute Gasteiger partial charge is 0.230 e. The van der Waals surface area contributed by atoms with Gasteiger partial charge in [-0.15, -0.1) is 11.8 Å². The lowest BCUT2D eigenvalue weighted by Crippen LogP contribution is -2.28. The fourth-order valence-electron chi connectivity index (χ4n) is 2.55. The van der Waals surface area contributed by atoms with Gasteiger partial charge in [-0.3, -0.25) is 4.79 Å². The molecule has 0 aliphatic carbocycles. The van der Waals surface area contributed by atoms with Crippen LogP contribution in [0.15, 0.2) is 42.5 Å². The summed E-state index contributed by atoms with van der Waals surface area (Å²) in [5.74, 6) is 2.11. The Morgan fingerprint density at radius 1 is 1.07 bits per heavy atom. The third-order valence-corrected chi connectivity index (χ3v) is 4.86. The van der Waals surface area contributed by atoms with E-state index in [0.717, 1.165) is 11.1 Å². The fourth-order valence-corrected chi connectivity index (χ4v) is 3.34. The van der Waals surface area contributed by atoms with Gasteiger partial charge < -0.3 is 14.8 Å². The summed E-state index contributed by atoms with van der Waals surface area (Å²) in [5.41, 5.74) is 1.95. The molecule has 2 aromatic rings. The highest BCUT2D eigenvalue weighted by atomic mass is 32.2. The highest BCUT2D eigenvalue weighted by molar-refractivity contribution is 7.99. The molecule has 1 unspecified atom stereocenters. The van der Waals surface area contributed by atoms with Gasteiger partial charge in [0.2, 0.25) is 5.91 Å². The van der Waals surface area contributed by atoms with Crippen LogP contribution in [0, 0.1) is 5.82 Å². The molecule has 6 heteroatoms. The number of rotatable bonds is 10. The van der Waals surface area contributed by atoms with Crippen molar-refractivity contribution in [1.82, 2.24) is 5.32 Å². The van der Waals surface area contributed by atoms with Gasteiger partial charge in [-0.1, -0.05) is 18.2 Å². The van der Waals surface area contributed by atoms with E-state index < -0.39 is 0 Å². The van der Waals surface area contributed by atoms with E-state index in [1.54, 1.807) is 12.1 Å². The number of carbonyl (C=O) groups excluding carboxylic acids is 1. The molecule has 2 aromatic carbocycles. The van der Waals surface area contributed by atoms with E-state index in [1.165, 1.54) is 23.9 Å². The summed E-state index contributed by atoms with van der Waals surface area (Å²) in [6.07, 6.45) is 0. The van der Waals surface area contributed by atoms with E-state index >= 15 is 0 Å². The molecule has 1 amide bonds. The Morgan fingerprint density at radius 2 is 1.74 bits per heavy atom. The molecule has 4 nitrogen and oxygen atoms in total. The first-order valence-corrected chi connectivity index (χ1v) is 10.2. The Labute approximate surface area is 164 Å². The van der Waals surface area contributed by atoms with Gasteiger partial charge in [0.1, 0.15) is 5.82 Å². The van der Waals surface area contributed by atoms with Crippen LogP contribution in [0.1, 0.15) is 37.9 Å². The summed E-state index contributed by atoms with van der Waals surface area (Å²) in [7, 11) is 0. The van der Waals surface area contributed by atoms with Crippen molar-refractivity contribution in [3.05, 3.63) is 59.4 Å². The standard InChI is InChI=1S/C21H26FNO3S/c1-4-25-19-11-8-17(12-20(19)26-5-2)15(3)23-21(24)14-27-13-16-6-9-18(22)10-7-16/h6-12,15H,4-5,13-14H2,1-3H3,(H,23,24). The van der Waals surface area contributed by atoms with E-state index in [-0.39, 0.29) is 17.8 Å². The Morgan fingerprint density at radius 3 is 2.41 bits per heavy atom. The van der Waals surface area contributed by atoms with Gasteiger partial charge in [0.15, 0.2) is 11.5 Å². The van der Waals surface area contributed by atoms with Crippen LogP contribution in [0.3, 0.4) is 0 Å². The predicted octanol–water partition coefficient (Wildman–Crippen LogP) is 4.73. The van der Waals surface area contributed by atoms with Crippen molar-refractivity contribution in [2.75, 3.05) is 19.0 Å². The minimum Gasteiger partial charge on any atom is -0.490 e. The summed E-state index contributed by atoms with van der Waals surface area (Å²) < 4.78 is 24.1. The molecule has 0 saturated carbocycles. The molecule has 1 N–H and O–H groups in total. The van der Waals surface area contributed by atoms with Crippen molar-refractivity contribution in [1.29, 1.82) is 0 Å². The van der Waals surface area contributed by atoms with E-state index in [4.69, 9.17) is 9.47 Å². The predicted molar refractivity (Wildman–Crippen MR) is 108 cm³/mol. The monoisotopic (exact) mass is 391 g/mol. The molecular weight excluding hydrogens is 365 g/mol. The zero-order valence-electron chi connectivity index (χ0n) is 16.0. The largest absolute Gasteiger partial charge is 0.490 e. The maximum atomic E-state index is 12.9. The maximum Gasteiger partial charge on any atom is 0.230 e. The normalized spacial score (nSPS) is 11.7. The van der Waals surface area contributed by atoms with Crippen LogP contribution in [0.5, 0.6) is 11.5 Å². The molecule has 0 aliphatic rings. The van der Waals surface area contributed by atoms with Crippen LogP contribution < -0.4 is 14.8 Å². The first-order chi connectivity index (χ1) is 13.0. The first kappa shape index (κ1) is 21.1. The summed E-state index contributed by atoms with van der Waals surface area (Å²) >= 11 is 1.50. The molecule has 0 saturated heterocycles. The van der Waals surface area contributed by atoms with E-state index in [0.29, 0.717) is 36.2 Å². The topological polar surface area (TPSA) is 47.6 Å². The number of hydrogen-bond donors (Lipinski definition) is 1. The van der Waals surface area contributed by atoms with Gasteiger partial charge in [-0.25, -0.2) is 4.39 Å². The van der Waals surface area contributed by atoms with Crippen LogP contribution in [-0.4, -0.2) is 24.9 Å². The fraction of sp³-hybridized carbons (Fsp3) is 0.381. The van der Waals surface area contributed by atoms with Gasteiger partial charge in [0.05, 0.1) is 25.0 Å². The molecule has 0 spiro atoms. The molecule has 0 aliphatic heterocycles. The number of amides is 1. The maximum absolute atomic E-state index is 12.9. The summed E-state index contributed by atoms with van der Waals surface area (Å²) in [5, 5.41) is 3.00. The molecule has 0 heterocycles. The number of thioether (sulfide) groups is 1. The van der Waals surface area contributed by atoms with E-state index in [9.17, 15) is 9.18 Å². The zero-order chi connectivity index (χ0) is 19.6. The van der Waals surface area contributed by atoms with Crippen molar-refractivity contribution >= 4 is 17.7 Å². The lowest BCUT2D eigenvalue weighted by molar-refractivity contribution is -0.119. The average Bonchev–Trinajstić information content (AvgIpc) is 2.65. The van der Waals surface area contributed by atoms with Gasteiger partial charge in [-0.2, -0.15) is 0 Å². The van der Waals surface area contributed by atoms with Crippen molar-refractivity contribution in [2.24, 2.45) is 0 Å². The van der Waals surface area contributed by atoms with Crippen molar-refractivity contribution < 1.29 is 18.7 Å².